The Kier molecular flexibility index (Phi) is 6.44. The number of nitrogens with one attached hydrogen (secondary N) is 2. The van der Waals surface area contributed by atoms with Crippen LogP contribution < -0.4 is 10.0 Å². The average molecular weight is 382 g/mol. The van der Waals surface area contributed by atoms with E-state index in [2.05, 4.69) is 10.0 Å². The van der Waals surface area contributed by atoms with E-state index in [0.717, 1.165) is 16.7 Å². The molecule has 1 unspecified atom stereocenters. The van der Waals surface area contributed by atoms with Gasteiger partial charge in [-0.3, -0.25) is 9.52 Å². The third-order valence-electron chi connectivity index (χ3n) is 3.25. The molecule has 25 heavy (non-hydrogen) atoms. The molecule has 0 spiro atoms. The smallest absolute Gasteiger partial charge is 0.230 e. The Morgan fingerprint density at radius 2 is 1.88 bits per heavy atom. The van der Waals surface area contributed by atoms with Gasteiger partial charge in [0.25, 0.3) is 0 Å². The van der Waals surface area contributed by atoms with Crippen LogP contribution >= 0.6 is 11.8 Å². The van der Waals surface area contributed by atoms with Crippen LogP contribution in [0, 0.1) is 5.82 Å². The summed E-state index contributed by atoms with van der Waals surface area (Å²) in [5.41, 5.74) is 1.23. The van der Waals surface area contributed by atoms with Crippen LogP contribution in [-0.4, -0.2) is 26.3 Å². The quantitative estimate of drug-likeness (QED) is 0.722. The fraction of sp³-hybridized carbons (Fsp3) is 0.235. The highest BCUT2D eigenvalue weighted by Gasteiger charge is 2.11. The largest absolute Gasteiger partial charge is 0.349 e. The van der Waals surface area contributed by atoms with Crippen LogP contribution in [0.2, 0.25) is 0 Å². The van der Waals surface area contributed by atoms with Gasteiger partial charge in [-0.1, -0.05) is 12.1 Å². The van der Waals surface area contributed by atoms with Gasteiger partial charge < -0.3 is 5.32 Å². The van der Waals surface area contributed by atoms with E-state index in [0.29, 0.717) is 5.69 Å². The van der Waals surface area contributed by atoms with E-state index in [-0.39, 0.29) is 23.5 Å². The van der Waals surface area contributed by atoms with Crippen molar-refractivity contribution in [3.8, 4) is 0 Å². The zero-order valence-electron chi connectivity index (χ0n) is 13.8. The molecule has 0 aliphatic carbocycles. The van der Waals surface area contributed by atoms with Crippen molar-refractivity contribution >= 4 is 33.4 Å². The van der Waals surface area contributed by atoms with E-state index < -0.39 is 10.0 Å². The highest BCUT2D eigenvalue weighted by Crippen LogP contribution is 2.20. The SMILES string of the molecule is CC(NC(=O)CSc1ccc(F)cc1)c1cccc(NS(C)(=O)=O)c1. The van der Waals surface area contributed by atoms with E-state index >= 15 is 0 Å². The summed E-state index contributed by atoms with van der Waals surface area (Å²) in [5, 5.41) is 2.86. The number of thioether (sulfide) groups is 1. The lowest BCUT2D eigenvalue weighted by molar-refractivity contribution is -0.119. The predicted octanol–water partition coefficient (Wildman–Crippen LogP) is 3.17. The zero-order chi connectivity index (χ0) is 18.4. The third-order valence-corrected chi connectivity index (χ3v) is 4.87. The first-order valence-corrected chi connectivity index (χ1v) is 10.4. The number of halogens is 1. The number of amides is 1. The van der Waals surface area contributed by atoms with Gasteiger partial charge in [-0.15, -0.1) is 11.8 Å². The monoisotopic (exact) mass is 382 g/mol. The van der Waals surface area contributed by atoms with Crippen molar-refractivity contribution in [2.75, 3.05) is 16.7 Å². The van der Waals surface area contributed by atoms with Gasteiger partial charge in [0.1, 0.15) is 5.82 Å². The van der Waals surface area contributed by atoms with Crippen molar-refractivity contribution in [3.63, 3.8) is 0 Å². The molecule has 0 aromatic heterocycles. The molecular formula is C17H19FN2O3S2. The molecule has 0 bridgehead atoms. The lowest BCUT2D eigenvalue weighted by atomic mass is 10.1. The molecular weight excluding hydrogens is 363 g/mol. The van der Waals surface area contributed by atoms with E-state index in [4.69, 9.17) is 0 Å². The molecule has 0 aliphatic heterocycles. The Balaban J connectivity index is 1.92. The summed E-state index contributed by atoms with van der Waals surface area (Å²) in [6.07, 6.45) is 1.08. The van der Waals surface area contributed by atoms with Crippen molar-refractivity contribution < 1.29 is 17.6 Å². The van der Waals surface area contributed by atoms with E-state index in [9.17, 15) is 17.6 Å². The minimum absolute atomic E-state index is 0.164. The van der Waals surface area contributed by atoms with Gasteiger partial charge in [0.05, 0.1) is 18.1 Å². The van der Waals surface area contributed by atoms with Gasteiger partial charge in [0, 0.05) is 10.6 Å². The lowest BCUT2D eigenvalue weighted by Gasteiger charge is -2.15. The van der Waals surface area contributed by atoms with Crippen LogP contribution in [0.15, 0.2) is 53.4 Å². The Bertz CT molecular complexity index is 839. The average Bonchev–Trinajstić information content (AvgIpc) is 2.53. The second-order valence-corrected chi connectivity index (χ2v) is 8.33. The fourth-order valence-corrected chi connectivity index (χ4v) is 3.40. The summed E-state index contributed by atoms with van der Waals surface area (Å²) in [6.45, 7) is 1.82. The molecule has 0 saturated heterocycles. The zero-order valence-corrected chi connectivity index (χ0v) is 15.5. The van der Waals surface area contributed by atoms with Gasteiger partial charge in [-0.05, 0) is 48.9 Å². The summed E-state index contributed by atoms with van der Waals surface area (Å²) in [6, 6.07) is 12.5. The van der Waals surface area contributed by atoms with Crippen LogP contribution in [-0.2, 0) is 14.8 Å². The molecule has 2 aromatic carbocycles. The summed E-state index contributed by atoms with van der Waals surface area (Å²) in [7, 11) is -3.35. The molecule has 0 fully saturated rings. The predicted molar refractivity (Wildman–Crippen MR) is 98.6 cm³/mol. The third kappa shape index (κ3) is 6.75. The molecule has 0 aliphatic rings. The summed E-state index contributed by atoms with van der Waals surface area (Å²) in [4.78, 5) is 12.9. The first-order valence-electron chi connectivity index (χ1n) is 7.48. The van der Waals surface area contributed by atoms with Crippen molar-refractivity contribution in [2.24, 2.45) is 0 Å². The highest BCUT2D eigenvalue weighted by atomic mass is 32.2. The Morgan fingerprint density at radius 1 is 1.20 bits per heavy atom. The number of benzene rings is 2. The number of hydrogen-bond acceptors (Lipinski definition) is 4. The lowest BCUT2D eigenvalue weighted by Crippen LogP contribution is -2.28. The van der Waals surface area contributed by atoms with Crippen molar-refractivity contribution in [1.82, 2.24) is 5.32 Å². The molecule has 1 atom stereocenters. The first-order chi connectivity index (χ1) is 11.7. The Labute approximate surface area is 151 Å². The normalized spacial score (nSPS) is 12.4. The summed E-state index contributed by atoms with van der Waals surface area (Å²) in [5.74, 6) is -0.273. The van der Waals surface area contributed by atoms with Gasteiger partial charge in [-0.2, -0.15) is 0 Å². The maximum atomic E-state index is 12.8. The molecule has 5 nitrogen and oxygen atoms in total. The van der Waals surface area contributed by atoms with Crippen LogP contribution in [0.1, 0.15) is 18.5 Å². The first kappa shape index (κ1) is 19.3. The topological polar surface area (TPSA) is 75.3 Å². The Hall–Kier alpha value is -2.06. The molecule has 134 valence electrons. The molecule has 0 saturated carbocycles. The number of anilines is 1. The van der Waals surface area contributed by atoms with Crippen LogP contribution in [0.4, 0.5) is 10.1 Å². The van der Waals surface area contributed by atoms with Crippen LogP contribution in [0.3, 0.4) is 0 Å². The minimum atomic E-state index is -3.35. The molecule has 0 heterocycles. The van der Waals surface area contributed by atoms with Gasteiger partial charge in [0.15, 0.2) is 0 Å². The second-order valence-electron chi connectivity index (χ2n) is 5.53. The van der Waals surface area contributed by atoms with Gasteiger partial charge >= 0.3 is 0 Å². The molecule has 8 heteroatoms. The number of carbonyl (C=O) groups excluding carboxylic acids is 1. The summed E-state index contributed by atoms with van der Waals surface area (Å²) >= 11 is 1.32. The number of sulfonamides is 1. The van der Waals surface area contributed by atoms with Gasteiger partial charge in [0.2, 0.25) is 15.9 Å². The molecule has 2 rings (SSSR count). The minimum Gasteiger partial charge on any atom is -0.349 e. The Morgan fingerprint density at radius 3 is 2.52 bits per heavy atom. The number of rotatable bonds is 7. The van der Waals surface area contributed by atoms with Crippen LogP contribution in [0.25, 0.3) is 0 Å². The second kappa shape index (κ2) is 8.35. The van der Waals surface area contributed by atoms with Gasteiger partial charge in [-0.25, -0.2) is 12.8 Å². The van der Waals surface area contributed by atoms with E-state index in [1.54, 1.807) is 30.3 Å². The standard InChI is InChI=1S/C17H19FN2O3S2/c1-12(13-4-3-5-15(10-13)20-25(2,22)23)19-17(21)11-24-16-8-6-14(18)7-9-16/h3-10,12,20H,11H2,1-2H3,(H,19,21). The number of carbonyl (C=O) groups is 1. The fourth-order valence-electron chi connectivity index (χ4n) is 2.13. The molecule has 2 aromatic rings. The van der Waals surface area contributed by atoms with Crippen molar-refractivity contribution in [2.45, 2.75) is 17.9 Å². The summed E-state index contributed by atoms with van der Waals surface area (Å²) < 4.78 is 37.8. The maximum absolute atomic E-state index is 12.8. The van der Waals surface area contributed by atoms with E-state index in [1.807, 2.05) is 13.0 Å². The molecule has 0 radical (unpaired) electrons. The number of hydrogen-bond donors (Lipinski definition) is 2. The van der Waals surface area contributed by atoms with E-state index in [1.165, 1.54) is 23.9 Å². The van der Waals surface area contributed by atoms with Crippen molar-refractivity contribution in [3.05, 3.63) is 59.9 Å². The molecule has 2 N–H and O–H groups in total. The maximum Gasteiger partial charge on any atom is 0.230 e. The highest BCUT2D eigenvalue weighted by molar-refractivity contribution is 8.00. The van der Waals surface area contributed by atoms with Crippen LogP contribution in [0.5, 0.6) is 0 Å². The van der Waals surface area contributed by atoms with Crippen molar-refractivity contribution in [1.29, 1.82) is 0 Å². The molecule has 1 amide bonds.